The molecule has 3 rings (SSSR count). The van der Waals surface area contributed by atoms with E-state index in [0.717, 1.165) is 38.5 Å². The average Bonchev–Trinajstić information content (AvgIpc) is 2.98. The van der Waals surface area contributed by atoms with Gasteiger partial charge in [-0.2, -0.15) is 4.98 Å². The number of hydrogen-bond donors (Lipinski definition) is 0. The maximum absolute atomic E-state index is 5.38. The van der Waals surface area contributed by atoms with Gasteiger partial charge in [-0.25, -0.2) is 0 Å². The van der Waals surface area contributed by atoms with Crippen LogP contribution in [0.2, 0.25) is 0 Å². The van der Waals surface area contributed by atoms with E-state index < -0.39 is 0 Å². The van der Waals surface area contributed by atoms with Crippen LogP contribution >= 0.6 is 0 Å². The fourth-order valence-electron chi connectivity index (χ4n) is 2.76. The summed E-state index contributed by atoms with van der Waals surface area (Å²) in [7, 11) is 0. The quantitative estimate of drug-likeness (QED) is 0.869. The Morgan fingerprint density at radius 1 is 1.18 bits per heavy atom. The molecule has 1 saturated heterocycles. The SMILES string of the molecule is Cc1cccc(CN2CCN(c3nc(C(C)C)no3)CC2)c1. The fraction of sp³-hybridized carbons (Fsp3) is 0.529. The maximum atomic E-state index is 5.38. The molecule has 1 aromatic heterocycles. The van der Waals surface area contributed by atoms with Gasteiger partial charge in [0.15, 0.2) is 5.82 Å². The second kappa shape index (κ2) is 6.48. The molecule has 1 aliphatic rings. The van der Waals surface area contributed by atoms with Crippen molar-refractivity contribution in [2.24, 2.45) is 0 Å². The molecule has 0 radical (unpaired) electrons. The molecule has 1 aliphatic heterocycles. The molecule has 2 heterocycles. The minimum atomic E-state index is 0.306. The van der Waals surface area contributed by atoms with Crippen molar-refractivity contribution >= 4 is 6.01 Å². The highest BCUT2D eigenvalue weighted by Crippen LogP contribution is 2.18. The molecule has 1 fully saturated rings. The van der Waals surface area contributed by atoms with Crippen LogP contribution in [0, 0.1) is 6.92 Å². The van der Waals surface area contributed by atoms with Gasteiger partial charge >= 0.3 is 6.01 Å². The summed E-state index contributed by atoms with van der Waals surface area (Å²) in [4.78, 5) is 9.15. The van der Waals surface area contributed by atoms with Crippen molar-refractivity contribution in [2.45, 2.75) is 33.2 Å². The second-order valence-electron chi connectivity index (χ2n) is 6.34. The van der Waals surface area contributed by atoms with E-state index in [1.54, 1.807) is 0 Å². The molecule has 0 aliphatic carbocycles. The van der Waals surface area contributed by atoms with Crippen LogP contribution in [0.15, 0.2) is 28.8 Å². The van der Waals surface area contributed by atoms with Crippen LogP contribution in [0.5, 0.6) is 0 Å². The van der Waals surface area contributed by atoms with Crippen molar-refractivity contribution in [1.29, 1.82) is 0 Å². The van der Waals surface area contributed by atoms with Crippen molar-refractivity contribution < 1.29 is 4.52 Å². The zero-order chi connectivity index (χ0) is 15.5. The lowest BCUT2D eigenvalue weighted by Crippen LogP contribution is -2.46. The molecule has 118 valence electrons. The zero-order valence-electron chi connectivity index (χ0n) is 13.6. The summed E-state index contributed by atoms with van der Waals surface area (Å²) >= 11 is 0. The number of nitrogens with zero attached hydrogens (tertiary/aromatic N) is 4. The lowest BCUT2D eigenvalue weighted by Gasteiger charge is -2.33. The van der Waals surface area contributed by atoms with Gasteiger partial charge in [0.05, 0.1) is 0 Å². The first-order chi connectivity index (χ1) is 10.6. The number of hydrogen-bond acceptors (Lipinski definition) is 5. The molecular formula is C17H24N4O. The third-order valence-electron chi connectivity index (χ3n) is 4.08. The van der Waals surface area contributed by atoms with Crippen molar-refractivity contribution in [3.05, 3.63) is 41.2 Å². The predicted octanol–water partition coefficient (Wildman–Crippen LogP) is 2.82. The van der Waals surface area contributed by atoms with Gasteiger partial charge in [-0.05, 0) is 12.5 Å². The van der Waals surface area contributed by atoms with E-state index in [9.17, 15) is 0 Å². The topological polar surface area (TPSA) is 45.4 Å². The standard InChI is InChI=1S/C17H24N4O/c1-13(2)16-18-17(22-19-16)21-9-7-20(8-10-21)12-15-6-4-5-14(3)11-15/h4-6,11,13H,7-10,12H2,1-3H3. The minimum Gasteiger partial charge on any atom is -0.322 e. The van der Waals surface area contributed by atoms with Gasteiger partial charge in [-0.3, -0.25) is 4.90 Å². The molecule has 0 amide bonds. The Morgan fingerprint density at radius 3 is 2.59 bits per heavy atom. The maximum Gasteiger partial charge on any atom is 0.324 e. The summed E-state index contributed by atoms with van der Waals surface area (Å²) < 4.78 is 5.38. The fourth-order valence-corrected chi connectivity index (χ4v) is 2.76. The van der Waals surface area contributed by atoms with Gasteiger partial charge in [0.2, 0.25) is 0 Å². The molecule has 5 nitrogen and oxygen atoms in total. The number of benzene rings is 1. The summed E-state index contributed by atoms with van der Waals surface area (Å²) in [5, 5.41) is 4.05. The number of anilines is 1. The van der Waals surface area contributed by atoms with E-state index in [-0.39, 0.29) is 0 Å². The first kappa shape index (κ1) is 15.0. The van der Waals surface area contributed by atoms with Crippen LogP contribution in [0.1, 0.15) is 36.7 Å². The van der Waals surface area contributed by atoms with Crippen molar-refractivity contribution in [3.8, 4) is 0 Å². The van der Waals surface area contributed by atoms with E-state index in [0.29, 0.717) is 11.9 Å². The van der Waals surface area contributed by atoms with Gasteiger partial charge in [0.25, 0.3) is 0 Å². The average molecular weight is 300 g/mol. The molecule has 0 N–H and O–H groups in total. The van der Waals surface area contributed by atoms with E-state index in [1.807, 2.05) is 0 Å². The predicted molar refractivity (Wildman–Crippen MR) is 87.1 cm³/mol. The molecule has 0 atom stereocenters. The van der Waals surface area contributed by atoms with Crippen LogP contribution in [-0.2, 0) is 6.54 Å². The lowest BCUT2D eigenvalue weighted by molar-refractivity contribution is 0.242. The molecular weight excluding hydrogens is 276 g/mol. The molecule has 1 aromatic carbocycles. The molecule has 0 bridgehead atoms. The first-order valence-corrected chi connectivity index (χ1v) is 7.98. The van der Waals surface area contributed by atoms with Crippen LogP contribution in [0.25, 0.3) is 0 Å². The summed E-state index contributed by atoms with van der Waals surface area (Å²) in [5.41, 5.74) is 2.71. The molecule has 0 saturated carbocycles. The normalized spacial score (nSPS) is 16.5. The van der Waals surface area contributed by atoms with Gasteiger partial charge in [-0.1, -0.05) is 48.8 Å². The smallest absolute Gasteiger partial charge is 0.322 e. The Labute approximate surface area is 131 Å². The molecule has 22 heavy (non-hydrogen) atoms. The van der Waals surface area contributed by atoms with Gasteiger partial charge in [0, 0.05) is 38.6 Å². The van der Waals surface area contributed by atoms with E-state index >= 15 is 0 Å². The summed E-state index contributed by atoms with van der Waals surface area (Å²) in [5.74, 6) is 1.09. The number of aromatic nitrogens is 2. The first-order valence-electron chi connectivity index (χ1n) is 7.98. The Hall–Kier alpha value is -1.88. The van der Waals surface area contributed by atoms with E-state index in [2.05, 4.69) is 65.0 Å². The summed E-state index contributed by atoms with van der Waals surface area (Å²) in [6, 6.07) is 9.40. The third kappa shape index (κ3) is 3.47. The number of aryl methyl sites for hydroxylation is 1. The Balaban J connectivity index is 1.55. The highest BCUT2D eigenvalue weighted by Gasteiger charge is 2.22. The number of rotatable bonds is 4. The van der Waals surface area contributed by atoms with Gasteiger partial charge < -0.3 is 9.42 Å². The monoisotopic (exact) mass is 300 g/mol. The highest BCUT2D eigenvalue weighted by molar-refractivity contribution is 5.27. The molecule has 5 heteroatoms. The van der Waals surface area contributed by atoms with Crippen molar-refractivity contribution in [3.63, 3.8) is 0 Å². The molecule has 2 aromatic rings. The minimum absolute atomic E-state index is 0.306. The number of piperazine rings is 1. The Bertz CT molecular complexity index is 615. The van der Waals surface area contributed by atoms with Crippen LogP contribution < -0.4 is 4.90 Å². The summed E-state index contributed by atoms with van der Waals surface area (Å²) in [6.07, 6.45) is 0. The van der Waals surface area contributed by atoms with Crippen LogP contribution in [0.4, 0.5) is 6.01 Å². The second-order valence-corrected chi connectivity index (χ2v) is 6.34. The van der Waals surface area contributed by atoms with E-state index in [4.69, 9.17) is 4.52 Å². The van der Waals surface area contributed by atoms with Crippen LogP contribution in [-0.4, -0.2) is 41.2 Å². The Morgan fingerprint density at radius 2 is 1.95 bits per heavy atom. The largest absolute Gasteiger partial charge is 0.324 e. The third-order valence-corrected chi connectivity index (χ3v) is 4.08. The van der Waals surface area contributed by atoms with Crippen molar-refractivity contribution in [2.75, 3.05) is 31.1 Å². The molecule has 0 unspecified atom stereocenters. The summed E-state index contributed by atoms with van der Waals surface area (Å²) in [6.45, 7) is 11.2. The molecule has 0 spiro atoms. The van der Waals surface area contributed by atoms with Crippen LogP contribution in [0.3, 0.4) is 0 Å². The zero-order valence-corrected chi connectivity index (χ0v) is 13.6. The Kier molecular flexibility index (Phi) is 4.43. The van der Waals surface area contributed by atoms with Crippen molar-refractivity contribution in [1.82, 2.24) is 15.0 Å². The highest BCUT2D eigenvalue weighted by atomic mass is 16.5. The van der Waals surface area contributed by atoms with Gasteiger partial charge in [0.1, 0.15) is 0 Å². The van der Waals surface area contributed by atoms with E-state index in [1.165, 1.54) is 11.1 Å². The van der Waals surface area contributed by atoms with Gasteiger partial charge in [-0.15, -0.1) is 0 Å². The lowest BCUT2D eigenvalue weighted by atomic mass is 10.1.